The first kappa shape index (κ1) is 24.0. The standard InChI is InChI=1S/C20H21Cl2N2O5PS/c1-3-28-30(25,29-4-2)14-24(20-9-5-8-19-18(20)7-6-10-23-19)31(26,27)17-12-15(21)11-16(22)13-17/h5-13H,3-4,14H2,1-2H3. The van der Waals surface area contributed by atoms with Crippen LogP contribution in [0.1, 0.15) is 13.8 Å². The van der Waals surface area contributed by atoms with Gasteiger partial charge in [-0.2, -0.15) is 0 Å². The SMILES string of the molecule is CCOP(=O)(CN(c1cccc2ncccc12)S(=O)(=O)c1cc(Cl)cc(Cl)c1)OCC. The Hall–Kier alpha value is -1.67. The molecule has 0 aliphatic carbocycles. The van der Waals surface area contributed by atoms with Crippen molar-refractivity contribution < 1.29 is 22.0 Å². The summed E-state index contributed by atoms with van der Waals surface area (Å²) in [6.45, 7) is 3.49. The molecule has 0 radical (unpaired) electrons. The molecule has 2 aromatic carbocycles. The number of nitrogens with zero attached hydrogens (tertiary/aromatic N) is 2. The van der Waals surface area contributed by atoms with Crippen LogP contribution in [0.2, 0.25) is 10.0 Å². The second-order valence-corrected chi connectivity index (χ2v) is 11.2. The van der Waals surface area contributed by atoms with Crippen LogP contribution in [0, 0.1) is 0 Å². The van der Waals surface area contributed by atoms with Gasteiger partial charge in [0.2, 0.25) is 0 Å². The number of hydrogen-bond donors (Lipinski definition) is 0. The maximum absolute atomic E-state index is 13.7. The van der Waals surface area contributed by atoms with Gasteiger partial charge in [0.15, 0.2) is 0 Å². The van der Waals surface area contributed by atoms with Crippen molar-refractivity contribution in [1.82, 2.24) is 4.98 Å². The number of sulfonamides is 1. The Morgan fingerprint density at radius 2 is 1.65 bits per heavy atom. The Balaban J connectivity index is 2.24. The molecule has 0 bridgehead atoms. The van der Waals surface area contributed by atoms with E-state index in [4.69, 9.17) is 32.2 Å². The van der Waals surface area contributed by atoms with Crippen LogP contribution in [-0.2, 0) is 23.6 Å². The van der Waals surface area contributed by atoms with E-state index in [1.165, 1.54) is 18.2 Å². The van der Waals surface area contributed by atoms with Crippen molar-refractivity contribution in [2.24, 2.45) is 0 Å². The molecule has 0 saturated heterocycles. The Labute approximate surface area is 191 Å². The molecule has 0 spiro atoms. The Morgan fingerprint density at radius 3 is 2.26 bits per heavy atom. The number of halogens is 2. The summed E-state index contributed by atoms with van der Waals surface area (Å²) in [5, 5.41) is 0.869. The van der Waals surface area contributed by atoms with Gasteiger partial charge >= 0.3 is 7.60 Å². The first-order valence-electron chi connectivity index (χ1n) is 9.41. The van der Waals surface area contributed by atoms with Crippen LogP contribution in [0.3, 0.4) is 0 Å². The average Bonchev–Trinajstić information content (AvgIpc) is 2.71. The number of anilines is 1. The molecule has 0 amide bonds. The Kier molecular flexibility index (Phi) is 7.63. The normalized spacial score (nSPS) is 12.3. The van der Waals surface area contributed by atoms with E-state index in [1.54, 1.807) is 50.4 Å². The summed E-state index contributed by atoms with van der Waals surface area (Å²) in [5.74, 6) is 0. The lowest BCUT2D eigenvalue weighted by Gasteiger charge is -2.29. The van der Waals surface area contributed by atoms with Crippen LogP contribution in [0.5, 0.6) is 0 Å². The van der Waals surface area contributed by atoms with Gasteiger partial charge in [0, 0.05) is 21.6 Å². The summed E-state index contributed by atoms with van der Waals surface area (Å²) in [7, 11) is -8.06. The van der Waals surface area contributed by atoms with Crippen molar-refractivity contribution in [1.29, 1.82) is 0 Å². The van der Waals surface area contributed by atoms with Gasteiger partial charge in [0.05, 0.1) is 29.3 Å². The van der Waals surface area contributed by atoms with Crippen LogP contribution in [0.15, 0.2) is 59.6 Å². The molecule has 31 heavy (non-hydrogen) atoms. The predicted octanol–water partition coefficient (Wildman–Crippen LogP) is 5.96. The number of pyridine rings is 1. The summed E-state index contributed by atoms with van der Waals surface area (Å²) in [5.41, 5.74) is 0.855. The van der Waals surface area contributed by atoms with Gasteiger partial charge in [-0.25, -0.2) is 8.42 Å². The van der Waals surface area contributed by atoms with Crippen LogP contribution >= 0.6 is 30.8 Å². The highest BCUT2D eigenvalue weighted by molar-refractivity contribution is 7.93. The summed E-state index contributed by atoms with van der Waals surface area (Å²) in [6, 6.07) is 12.5. The maximum atomic E-state index is 13.7. The fraction of sp³-hybridized carbons (Fsp3) is 0.250. The minimum Gasteiger partial charge on any atom is -0.308 e. The first-order valence-corrected chi connectivity index (χ1v) is 13.3. The average molecular weight is 503 g/mol. The van der Waals surface area contributed by atoms with E-state index in [0.29, 0.717) is 10.9 Å². The van der Waals surface area contributed by atoms with Crippen LogP contribution < -0.4 is 4.31 Å². The van der Waals surface area contributed by atoms with Crippen LogP contribution in [-0.4, -0.2) is 32.9 Å². The van der Waals surface area contributed by atoms with Crippen molar-refractivity contribution in [2.75, 3.05) is 23.8 Å². The molecule has 0 N–H and O–H groups in total. The number of benzene rings is 2. The molecule has 3 rings (SSSR count). The van der Waals surface area contributed by atoms with Gasteiger partial charge in [-0.05, 0) is 56.3 Å². The fourth-order valence-electron chi connectivity index (χ4n) is 3.06. The minimum absolute atomic E-state index is 0.0885. The van der Waals surface area contributed by atoms with Crippen molar-refractivity contribution in [3.05, 3.63) is 64.8 Å². The molecular formula is C20H21Cl2N2O5PS. The zero-order valence-corrected chi connectivity index (χ0v) is 20.1. The molecule has 0 aliphatic heterocycles. The van der Waals surface area contributed by atoms with Crippen molar-refractivity contribution in [2.45, 2.75) is 18.7 Å². The number of hydrogen-bond acceptors (Lipinski definition) is 6. The van der Waals surface area contributed by atoms with Gasteiger partial charge in [-0.1, -0.05) is 29.3 Å². The summed E-state index contributed by atoms with van der Waals surface area (Å²) in [4.78, 5) is 4.13. The van der Waals surface area contributed by atoms with Gasteiger partial charge in [0.1, 0.15) is 6.29 Å². The lowest BCUT2D eigenvalue weighted by atomic mass is 10.2. The van der Waals surface area contributed by atoms with E-state index >= 15 is 0 Å². The topological polar surface area (TPSA) is 85.8 Å². The monoisotopic (exact) mass is 502 g/mol. The number of aromatic nitrogens is 1. The smallest absolute Gasteiger partial charge is 0.308 e. The quantitative estimate of drug-likeness (QED) is 0.335. The van der Waals surface area contributed by atoms with Crippen LogP contribution in [0.25, 0.3) is 10.9 Å². The highest BCUT2D eigenvalue weighted by Gasteiger charge is 2.36. The predicted molar refractivity (Wildman–Crippen MR) is 124 cm³/mol. The first-order chi connectivity index (χ1) is 14.7. The van der Waals surface area contributed by atoms with E-state index in [-0.39, 0.29) is 33.8 Å². The van der Waals surface area contributed by atoms with E-state index in [9.17, 15) is 13.0 Å². The molecule has 1 heterocycles. The van der Waals surface area contributed by atoms with E-state index in [2.05, 4.69) is 4.98 Å². The van der Waals surface area contributed by atoms with E-state index < -0.39 is 23.9 Å². The summed E-state index contributed by atoms with van der Waals surface area (Å²) in [6.07, 6.45) is 1.07. The Bertz CT molecular complexity index is 1200. The molecule has 0 fully saturated rings. The van der Waals surface area contributed by atoms with Gasteiger partial charge in [-0.3, -0.25) is 13.9 Å². The second kappa shape index (κ2) is 9.86. The Morgan fingerprint density at radius 1 is 1.00 bits per heavy atom. The maximum Gasteiger partial charge on any atom is 0.350 e. The number of fused-ring (bicyclic) bond motifs is 1. The molecule has 1 aromatic heterocycles. The lowest BCUT2D eigenvalue weighted by Crippen LogP contribution is -2.33. The van der Waals surface area contributed by atoms with Crippen molar-refractivity contribution in [3.63, 3.8) is 0 Å². The molecule has 11 heteroatoms. The van der Waals surface area contributed by atoms with E-state index in [0.717, 1.165) is 4.31 Å². The fourth-order valence-corrected chi connectivity index (χ4v) is 7.46. The summed E-state index contributed by atoms with van der Waals surface area (Å²) < 4.78 is 52.5. The molecule has 0 aliphatic rings. The molecule has 0 atom stereocenters. The second-order valence-electron chi connectivity index (χ2n) is 6.39. The molecule has 3 aromatic rings. The van der Waals surface area contributed by atoms with Crippen molar-refractivity contribution >= 4 is 57.4 Å². The molecule has 7 nitrogen and oxygen atoms in total. The lowest BCUT2D eigenvalue weighted by molar-refractivity contribution is 0.221. The summed E-state index contributed by atoms with van der Waals surface area (Å²) >= 11 is 12.1. The molecule has 166 valence electrons. The van der Waals surface area contributed by atoms with Gasteiger partial charge in [-0.15, -0.1) is 0 Å². The highest BCUT2D eigenvalue weighted by atomic mass is 35.5. The zero-order chi connectivity index (χ0) is 22.6. The molecule has 0 saturated carbocycles. The third-order valence-corrected chi connectivity index (χ3v) is 8.57. The van der Waals surface area contributed by atoms with Gasteiger partial charge in [0.25, 0.3) is 10.0 Å². The zero-order valence-electron chi connectivity index (χ0n) is 16.9. The largest absolute Gasteiger partial charge is 0.350 e. The minimum atomic E-state index is -4.26. The third kappa shape index (κ3) is 5.40. The van der Waals surface area contributed by atoms with Crippen LogP contribution in [0.4, 0.5) is 5.69 Å². The third-order valence-electron chi connectivity index (χ3n) is 4.27. The highest BCUT2D eigenvalue weighted by Crippen LogP contribution is 2.50. The molecule has 0 unspecified atom stereocenters. The van der Waals surface area contributed by atoms with Crippen molar-refractivity contribution in [3.8, 4) is 0 Å². The van der Waals surface area contributed by atoms with E-state index in [1.807, 2.05) is 0 Å². The van der Waals surface area contributed by atoms with Gasteiger partial charge < -0.3 is 9.05 Å². The number of rotatable bonds is 9. The molecular weight excluding hydrogens is 482 g/mol.